The van der Waals surface area contributed by atoms with Gasteiger partial charge >= 0.3 is 82.1 Å². The molecule has 0 aliphatic carbocycles. The minimum absolute atomic E-state index is 0.0590. The van der Waals surface area contributed by atoms with Crippen LogP contribution >= 0.6 is 0 Å². The molecule has 2 N–H and O–H groups in total. The molecule has 5 nitrogen and oxygen atoms in total. The number of hydrogen-bond donors (Lipinski definition) is 1. The molecular weight excluding hydrogens is 235 g/mol. The first-order valence-corrected chi connectivity index (χ1v) is 4.58. The summed E-state index contributed by atoms with van der Waals surface area (Å²) < 4.78 is 0.368. The van der Waals surface area contributed by atoms with Crippen molar-refractivity contribution in [3.63, 3.8) is 0 Å². The molecule has 0 saturated carbocycles. The van der Waals surface area contributed by atoms with Crippen LogP contribution in [0.25, 0.3) is 0 Å². The summed E-state index contributed by atoms with van der Waals surface area (Å²) in [6.45, 7) is 0. The van der Waals surface area contributed by atoms with Gasteiger partial charge in [0.15, 0.2) is 0 Å². The molecule has 13 heavy (non-hydrogen) atoms. The Hall–Kier alpha value is -1.35. The van der Waals surface area contributed by atoms with Crippen molar-refractivity contribution >= 4 is 32.8 Å². The van der Waals surface area contributed by atoms with E-state index < -0.39 is 10.8 Å². The molecule has 1 rings (SSSR count). The van der Waals surface area contributed by atoms with Crippen LogP contribution in [0.2, 0.25) is 0 Å². The predicted octanol–water partition coefficient (Wildman–Crippen LogP) is -1.05. The van der Waals surface area contributed by atoms with E-state index in [4.69, 9.17) is 5.73 Å². The van der Waals surface area contributed by atoms with Gasteiger partial charge in [-0.25, -0.2) is 0 Å². The van der Waals surface area contributed by atoms with Crippen LogP contribution in [0.4, 0.5) is 5.69 Å². The summed E-state index contributed by atoms with van der Waals surface area (Å²) in [6, 6.07) is 4.28. The number of hydrogen-bond acceptors (Lipinski definition) is 3. The van der Waals surface area contributed by atoms with Gasteiger partial charge in [-0.3, -0.25) is 0 Å². The minimum atomic E-state index is -0.636. The van der Waals surface area contributed by atoms with E-state index in [1.54, 1.807) is 0 Å². The van der Waals surface area contributed by atoms with E-state index in [0.29, 0.717) is 4.35 Å². The van der Waals surface area contributed by atoms with Crippen molar-refractivity contribution in [2.75, 3.05) is 0 Å². The third kappa shape index (κ3) is 1.87. The number of carbonyl (C=O) groups excluding carboxylic acids is 1. The Bertz CT molecular complexity index is 346. The average molecular weight is 242 g/mol. The zero-order valence-corrected chi connectivity index (χ0v) is 8.98. The van der Waals surface area contributed by atoms with E-state index >= 15 is 0 Å². The SMILES string of the molecule is NC(=O)c1cccc([N+](=O)[O-])c1[AsH2]. The maximum atomic E-state index is 10.8. The molecule has 0 saturated heterocycles. The molecular formula is C7H7AsN2O3. The van der Waals surface area contributed by atoms with Gasteiger partial charge in [-0.2, -0.15) is 0 Å². The Labute approximate surface area is 82.6 Å². The Morgan fingerprint density at radius 2 is 2.15 bits per heavy atom. The number of rotatable bonds is 2. The summed E-state index contributed by atoms with van der Waals surface area (Å²) in [6.07, 6.45) is 0. The average Bonchev–Trinajstić information content (AvgIpc) is 2.03. The van der Waals surface area contributed by atoms with Gasteiger partial charge in [0.1, 0.15) is 0 Å². The molecule has 68 valence electrons. The van der Waals surface area contributed by atoms with Crippen LogP contribution in [-0.4, -0.2) is 27.7 Å². The van der Waals surface area contributed by atoms with Crippen LogP contribution < -0.4 is 10.1 Å². The van der Waals surface area contributed by atoms with E-state index in [2.05, 4.69) is 0 Å². The first kappa shape index (κ1) is 9.73. The Morgan fingerprint density at radius 1 is 1.54 bits per heavy atom. The van der Waals surface area contributed by atoms with Gasteiger partial charge in [0, 0.05) is 0 Å². The molecule has 1 amide bonds. The predicted molar refractivity (Wildman–Crippen MR) is 49.8 cm³/mol. The summed E-state index contributed by atoms with van der Waals surface area (Å²) in [5, 5.41) is 10.5. The Kier molecular flexibility index (Phi) is 2.68. The normalized spacial score (nSPS) is 9.62. The summed E-state index contributed by atoms with van der Waals surface area (Å²) in [5.41, 5.74) is 5.19. The van der Waals surface area contributed by atoms with Crippen LogP contribution in [0.15, 0.2) is 18.2 Å². The molecule has 0 aliphatic rings. The van der Waals surface area contributed by atoms with Crippen LogP contribution in [0.3, 0.4) is 0 Å². The quantitative estimate of drug-likeness (QED) is 0.408. The number of nitro benzene ring substituents is 1. The van der Waals surface area contributed by atoms with Crippen molar-refractivity contribution in [2.45, 2.75) is 0 Å². The van der Waals surface area contributed by atoms with Crippen molar-refractivity contribution in [2.24, 2.45) is 5.73 Å². The summed E-state index contributed by atoms with van der Waals surface area (Å²) in [4.78, 5) is 20.7. The number of amides is 1. The third-order valence-electron chi connectivity index (χ3n) is 1.55. The number of primary amides is 1. The molecule has 0 aliphatic heterocycles. The number of benzene rings is 1. The van der Waals surface area contributed by atoms with Crippen molar-refractivity contribution in [1.29, 1.82) is 0 Å². The van der Waals surface area contributed by atoms with Gasteiger partial charge < -0.3 is 0 Å². The Balaban J connectivity index is 3.35. The van der Waals surface area contributed by atoms with Crippen molar-refractivity contribution in [3.8, 4) is 0 Å². The van der Waals surface area contributed by atoms with E-state index in [1.807, 2.05) is 0 Å². The van der Waals surface area contributed by atoms with Crippen LogP contribution in [0.5, 0.6) is 0 Å². The zero-order valence-electron chi connectivity index (χ0n) is 6.56. The summed E-state index contributed by atoms with van der Waals surface area (Å²) in [5.74, 6) is -0.636. The monoisotopic (exact) mass is 242 g/mol. The van der Waals surface area contributed by atoms with Gasteiger partial charge in [-0.05, 0) is 0 Å². The molecule has 0 aromatic heterocycles. The van der Waals surface area contributed by atoms with Gasteiger partial charge in [0.05, 0.1) is 0 Å². The summed E-state index contributed by atoms with van der Waals surface area (Å²) >= 11 is 1.02. The van der Waals surface area contributed by atoms with Crippen molar-refractivity contribution in [3.05, 3.63) is 33.9 Å². The zero-order chi connectivity index (χ0) is 10.0. The molecule has 6 heteroatoms. The van der Waals surface area contributed by atoms with Crippen molar-refractivity contribution < 1.29 is 9.72 Å². The number of nitrogens with two attached hydrogens (primary N) is 1. The van der Waals surface area contributed by atoms with Gasteiger partial charge in [0.2, 0.25) is 0 Å². The molecule has 0 fully saturated rings. The molecule has 0 spiro atoms. The number of nitrogens with zero attached hydrogens (tertiary/aromatic N) is 1. The molecule has 1 aromatic carbocycles. The third-order valence-corrected chi connectivity index (χ3v) is 2.82. The first-order valence-electron chi connectivity index (χ1n) is 3.36. The maximum absolute atomic E-state index is 10.8. The number of carbonyl (C=O) groups is 1. The second-order valence-corrected chi connectivity index (χ2v) is 3.57. The molecule has 1 atom stereocenters. The van der Waals surface area contributed by atoms with Crippen molar-refractivity contribution in [1.82, 2.24) is 0 Å². The molecule has 0 radical (unpaired) electrons. The van der Waals surface area contributed by atoms with Crippen LogP contribution in [-0.2, 0) is 0 Å². The fraction of sp³-hybridized carbons (Fsp3) is 0. The van der Waals surface area contributed by atoms with E-state index in [-0.39, 0.29) is 11.3 Å². The molecule has 0 bridgehead atoms. The number of nitro groups is 1. The first-order chi connectivity index (χ1) is 6.04. The van der Waals surface area contributed by atoms with Gasteiger partial charge in [-0.1, -0.05) is 0 Å². The fourth-order valence-corrected chi connectivity index (χ4v) is 1.85. The van der Waals surface area contributed by atoms with Crippen LogP contribution in [0.1, 0.15) is 10.4 Å². The van der Waals surface area contributed by atoms with E-state index in [0.717, 1.165) is 16.9 Å². The summed E-state index contributed by atoms with van der Waals surface area (Å²) in [7, 11) is 0. The van der Waals surface area contributed by atoms with Gasteiger partial charge in [0.25, 0.3) is 0 Å². The second kappa shape index (κ2) is 3.58. The van der Waals surface area contributed by atoms with E-state index in [9.17, 15) is 14.9 Å². The van der Waals surface area contributed by atoms with E-state index in [1.165, 1.54) is 18.2 Å². The molecule has 1 aromatic rings. The topological polar surface area (TPSA) is 86.2 Å². The molecule has 1 unspecified atom stereocenters. The molecule has 0 heterocycles. The second-order valence-electron chi connectivity index (χ2n) is 2.36. The standard InChI is InChI=1S/C7H7AsN2O3/c8-6-4(7(9)11)2-1-3-5(6)10(12)13/h1-3H,8H2,(H2,9,11). The van der Waals surface area contributed by atoms with Crippen LogP contribution in [0, 0.1) is 10.1 Å². The Morgan fingerprint density at radius 3 is 2.62 bits per heavy atom. The fourth-order valence-electron chi connectivity index (χ4n) is 0.927. The van der Waals surface area contributed by atoms with Gasteiger partial charge in [-0.15, -0.1) is 0 Å².